The fraction of sp³-hybridized carbons (Fsp3) is 0.273. The number of fused-ring (bicyclic) bond motifs is 1. The minimum Gasteiger partial charge on any atom is -0.508 e. The summed E-state index contributed by atoms with van der Waals surface area (Å²) in [5, 5.41) is 23.9. The topological polar surface area (TPSA) is 196 Å². The lowest BCUT2D eigenvalue weighted by atomic mass is 9.92. The van der Waals surface area contributed by atoms with Gasteiger partial charge in [-0.05, 0) is 97.0 Å². The van der Waals surface area contributed by atoms with Gasteiger partial charge < -0.3 is 26.6 Å². The predicted molar refractivity (Wildman–Crippen MR) is 224 cm³/mol. The van der Waals surface area contributed by atoms with Gasteiger partial charge in [-0.15, -0.1) is 0 Å². The smallest absolute Gasteiger partial charge is 0.324 e. The molecule has 1 fully saturated rings. The van der Waals surface area contributed by atoms with Gasteiger partial charge in [0.2, 0.25) is 0 Å². The average Bonchev–Trinajstić information content (AvgIpc) is 3.73. The Balaban J connectivity index is 0.988. The lowest BCUT2D eigenvalue weighted by Crippen LogP contribution is -2.52. The van der Waals surface area contributed by atoms with Gasteiger partial charge in [0.25, 0.3) is 5.91 Å². The van der Waals surface area contributed by atoms with Crippen LogP contribution in [-0.2, 0) is 6.54 Å². The Hall–Kier alpha value is -6.60. The van der Waals surface area contributed by atoms with Gasteiger partial charge in [0.15, 0.2) is 0 Å². The maximum absolute atomic E-state index is 13.5. The van der Waals surface area contributed by atoms with Gasteiger partial charge in [-0.25, -0.2) is 9.79 Å². The maximum Gasteiger partial charge on any atom is 0.324 e. The Bertz CT molecular complexity index is 2430. The van der Waals surface area contributed by atoms with Crippen molar-refractivity contribution in [1.82, 2.24) is 25.1 Å². The van der Waals surface area contributed by atoms with E-state index in [-0.39, 0.29) is 23.3 Å². The van der Waals surface area contributed by atoms with E-state index < -0.39 is 11.9 Å². The third kappa shape index (κ3) is 8.63. The van der Waals surface area contributed by atoms with Crippen LogP contribution in [0.15, 0.2) is 95.0 Å². The molecule has 0 bridgehead atoms. The molecule has 0 unspecified atom stereocenters. The molecule has 292 valence electrons. The van der Waals surface area contributed by atoms with Crippen LogP contribution >= 0.6 is 0 Å². The molecular formula is C44H47N9O4. The van der Waals surface area contributed by atoms with Gasteiger partial charge >= 0.3 is 6.03 Å². The van der Waals surface area contributed by atoms with E-state index in [0.29, 0.717) is 72.0 Å². The summed E-state index contributed by atoms with van der Waals surface area (Å²) in [7, 11) is 0. The first-order valence-electron chi connectivity index (χ1n) is 19.1. The largest absolute Gasteiger partial charge is 0.508 e. The number of imide groups is 1. The molecule has 2 aliphatic heterocycles. The Morgan fingerprint density at radius 3 is 2.39 bits per heavy atom. The number of piperazine rings is 1. The van der Waals surface area contributed by atoms with E-state index in [1.165, 1.54) is 6.07 Å². The summed E-state index contributed by atoms with van der Waals surface area (Å²) < 4.78 is 0. The third-order valence-corrected chi connectivity index (χ3v) is 10.4. The number of nitrogens with zero attached hydrogens (tertiary/aromatic N) is 6. The Morgan fingerprint density at radius 2 is 1.68 bits per heavy atom. The molecule has 5 aromatic rings. The SMILES string of the molecule is Cc1cccc(C(N)=C(C2=NCCC2)c2ccnc3ccc(C(=O)NC(=O)N4CCN(Cc5ccc(N=C(N)c6cc(C(C)C)c(O)cc6O)cc5)CC4)cc23)n1. The van der Waals surface area contributed by atoms with Crippen molar-refractivity contribution in [1.29, 1.82) is 0 Å². The molecule has 2 aromatic heterocycles. The van der Waals surface area contributed by atoms with Gasteiger partial charge in [0, 0.05) is 79.5 Å². The lowest BCUT2D eigenvalue weighted by molar-refractivity contribution is 0.0932. The molecule has 3 amide bonds. The number of aromatic hydroxyl groups is 2. The number of nitrogens with one attached hydrogen (secondary N) is 1. The van der Waals surface area contributed by atoms with E-state index in [1.54, 1.807) is 35.4 Å². The molecular weight excluding hydrogens is 719 g/mol. The van der Waals surface area contributed by atoms with Gasteiger partial charge in [-0.3, -0.25) is 30.0 Å². The first kappa shape index (κ1) is 38.7. The highest BCUT2D eigenvalue weighted by molar-refractivity contribution is 6.32. The number of hydrogen-bond acceptors (Lipinski definition) is 10. The number of aromatic nitrogens is 2. The van der Waals surface area contributed by atoms with Crippen LogP contribution in [0, 0.1) is 6.92 Å². The summed E-state index contributed by atoms with van der Waals surface area (Å²) in [6.45, 7) is 9.39. The predicted octanol–water partition coefficient (Wildman–Crippen LogP) is 6.24. The number of hydrogen-bond donors (Lipinski definition) is 5. The number of aryl methyl sites for hydroxylation is 1. The summed E-state index contributed by atoms with van der Waals surface area (Å²) in [4.78, 5) is 49.2. The second kappa shape index (κ2) is 16.6. The number of carbonyl (C=O) groups excluding carboxylic acids is 2. The van der Waals surface area contributed by atoms with E-state index >= 15 is 0 Å². The van der Waals surface area contributed by atoms with Gasteiger partial charge in [-0.2, -0.15) is 0 Å². The number of carbonyl (C=O) groups is 2. The quantitative estimate of drug-likeness (QED) is 0.0853. The number of rotatable bonds is 9. The van der Waals surface area contributed by atoms with E-state index in [2.05, 4.69) is 25.2 Å². The van der Waals surface area contributed by atoms with Crippen molar-refractivity contribution in [3.63, 3.8) is 0 Å². The number of phenols is 2. The fourth-order valence-corrected chi connectivity index (χ4v) is 7.28. The minimum atomic E-state index is -0.499. The number of pyridine rings is 2. The van der Waals surface area contributed by atoms with E-state index in [9.17, 15) is 19.8 Å². The van der Waals surface area contributed by atoms with Crippen LogP contribution in [0.25, 0.3) is 22.2 Å². The van der Waals surface area contributed by atoms with Crippen LogP contribution in [0.3, 0.4) is 0 Å². The minimum absolute atomic E-state index is 0.0171. The second-order valence-corrected chi connectivity index (χ2v) is 14.7. The van der Waals surface area contributed by atoms with E-state index in [0.717, 1.165) is 52.9 Å². The number of amides is 3. The highest BCUT2D eigenvalue weighted by Gasteiger charge is 2.25. The Kier molecular flexibility index (Phi) is 11.3. The van der Waals surface area contributed by atoms with Crippen molar-refractivity contribution < 1.29 is 19.8 Å². The fourth-order valence-electron chi connectivity index (χ4n) is 7.28. The third-order valence-electron chi connectivity index (χ3n) is 10.4. The van der Waals surface area contributed by atoms with Crippen molar-refractivity contribution in [2.45, 2.75) is 46.1 Å². The van der Waals surface area contributed by atoms with Crippen molar-refractivity contribution in [2.24, 2.45) is 21.5 Å². The molecule has 0 radical (unpaired) electrons. The molecule has 4 heterocycles. The van der Waals surface area contributed by atoms with Crippen LogP contribution < -0.4 is 16.8 Å². The summed E-state index contributed by atoms with van der Waals surface area (Å²) in [6.07, 6.45) is 3.43. The summed E-state index contributed by atoms with van der Waals surface area (Å²) in [5.74, 6) is -0.427. The normalized spacial score (nSPS) is 15.5. The monoisotopic (exact) mass is 765 g/mol. The highest BCUT2D eigenvalue weighted by atomic mass is 16.3. The first-order valence-corrected chi connectivity index (χ1v) is 19.1. The number of phenolic OH excluding ortho intramolecular Hbond substituents is 2. The number of aliphatic imine (C=N–C) groups is 2. The summed E-state index contributed by atoms with van der Waals surface area (Å²) >= 11 is 0. The number of urea groups is 1. The molecule has 1 saturated heterocycles. The van der Waals surface area contributed by atoms with Crippen LogP contribution in [-0.4, -0.2) is 86.2 Å². The van der Waals surface area contributed by atoms with Crippen molar-refractivity contribution in [3.8, 4) is 11.5 Å². The second-order valence-electron chi connectivity index (χ2n) is 14.7. The molecule has 0 aliphatic carbocycles. The summed E-state index contributed by atoms with van der Waals surface area (Å²) in [6, 6.07) is 23.0. The Morgan fingerprint density at radius 1 is 0.912 bits per heavy atom. The molecule has 2 aliphatic rings. The first-order chi connectivity index (χ1) is 27.4. The zero-order valence-electron chi connectivity index (χ0n) is 32.4. The number of amidine groups is 1. The lowest BCUT2D eigenvalue weighted by Gasteiger charge is -2.34. The van der Waals surface area contributed by atoms with Crippen LogP contribution in [0.2, 0.25) is 0 Å². The number of allylic oxidation sites excluding steroid dienone is 1. The standard InChI is InChI=1S/C44H47N9O4/c1-26(2)32-23-34(39(55)24-38(32)54)42(46)50-30-12-9-28(10-13-30)25-52-18-20-53(21-19-52)44(57)51-43(56)29-11-14-35-33(22-29)31(15-17-48-35)40(36-8-5-16-47-36)41(45)37-7-4-6-27(3)49-37/h4,6-7,9-15,17,22-24,26,54-55H,5,8,16,18-21,25,45H2,1-3H3,(H2,46,50)(H,51,56,57). The van der Waals surface area contributed by atoms with Crippen molar-refractivity contribution in [2.75, 3.05) is 32.7 Å². The van der Waals surface area contributed by atoms with Crippen LogP contribution in [0.1, 0.15) is 76.6 Å². The molecule has 0 atom stereocenters. The molecule has 7 N–H and O–H groups in total. The summed E-state index contributed by atoms with van der Waals surface area (Å²) in [5.41, 5.74) is 21.3. The molecule has 0 spiro atoms. The number of benzene rings is 3. The van der Waals surface area contributed by atoms with Crippen molar-refractivity contribution in [3.05, 3.63) is 124 Å². The highest BCUT2D eigenvalue weighted by Crippen LogP contribution is 2.34. The van der Waals surface area contributed by atoms with E-state index in [1.807, 2.05) is 69.3 Å². The van der Waals surface area contributed by atoms with Gasteiger partial charge in [0.1, 0.15) is 17.3 Å². The molecule has 13 heteroatoms. The van der Waals surface area contributed by atoms with Crippen LogP contribution in [0.5, 0.6) is 11.5 Å². The number of nitrogens with two attached hydrogens (primary N) is 2. The van der Waals surface area contributed by atoms with Crippen molar-refractivity contribution >= 4 is 51.3 Å². The van der Waals surface area contributed by atoms with Gasteiger partial charge in [0.05, 0.1) is 28.2 Å². The molecule has 57 heavy (non-hydrogen) atoms. The van der Waals surface area contributed by atoms with Gasteiger partial charge in [-0.1, -0.05) is 32.0 Å². The zero-order valence-corrected chi connectivity index (χ0v) is 32.4. The molecule has 0 saturated carbocycles. The zero-order chi connectivity index (χ0) is 40.2. The van der Waals surface area contributed by atoms with E-state index in [4.69, 9.17) is 16.5 Å². The Labute approximate surface area is 331 Å². The molecule has 3 aromatic carbocycles. The average molecular weight is 766 g/mol. The maximum atomic E-state index is 13.5. The van der Waals surface area contributed by atoms with Crippen LogP contribution in [0.4, 0.5) is 10.5 Å². The molecule has 13 nitrogen and oxygen atoms in total. The molecule has 7 rings (SSSR count).